The molecule has 126 valence electrons. The van der Waals surface area contributed by atoms with Gasteiger partial charge in [-0.25, -0.2) is 0 Å². The smallest absolute Gasteiger partial charge is 0.308 e. The van der Waals surface area contributed by atoms with Crippen molar-refractivity contribution < 1.29 is 23.9 Å². The summed E-state index contributed by atoms with van der Waals surface area (Å²) in [7, 11) is 0. The summed E-state index contributed by atoms with van der Waals surface area (Å²) in [5, 5.41) is 14.8. The topological polar surface area (TPSA) is 109 Å². The Balaban J connectivity index is 1.99. The summed E-state index contributed by atoms with van der Waals surface area (Å²) in [5.41, 5.74) is -0.465. The van der Waals surface area contributed by atoms with Crippen molar-refractivity contribution in [3.05, 3.63) is 24.2 Å². The molecule has 23 heavy (non-hydrogen) atoms. The van der Waals surface area contributed by atoms with Gasteiger partial charge in [-0.2, -0.15) is 0 Å². The van der Waals surface area contributed by atoms with E-state index in [1.54, 1.807) is 13.8 Å². The molecule has 1 saturated carbocycles. The number of carboxylic acid groups (broad SMARTS) is 1. The number of carbonyl (C=O) groups excluding carboxylic acids is 2. The summed E-state index contributed by atoms with van der Waals surface area (Å²) in [6.07, 6.45) is 5.54. The average Bonchev–Trinajstić information content (AvgIpc) is 3.01. The Morgan fingerprint density at radius 3 is 2.74 bits per heavy atom. The molecule has 3 unspecified atom stereocenters. The number of furan rings is 1. The zero-order valence-electron chi connectivity index (χ0n) is 13.3. The summed E-state index contributed by atoms with van der Waals surface area (Å²) in [4.78, 5) is 35.7. The lowest BCUT2D eigenvalue weighted by molar-refractivity contribution is -0.146. The minimum atomic E-state index is -0.900. The highest BCUT2D eigenvalue weighted by Crippen LogP contribution is 2.33. The van der Waals surface area contributed by atoms with E-state index in [9.17, 15) is 19.5 Å². The van der Waals surface area contributed by atoms with Crippen LogP contribution in [-0.2, 0) is 9.59 Å². The van der Waals surface area contributed by atoms with E-state index in [-0.39, 0.29) is 0 Å². The molecular weight excluding hydrogens is 300 g/mol. The van der Waals surface area contributed by atoms with Gasteiger partial charge in [0.05, 0.1) is 23.3 Å². The highest BCUT2D eigenvalue weighted by atomic mass is 16.4. The maximum Gasteiger partial charge on any atom is 0.308 e. The lowest BCUT2D eigenvalue weighted by Gasteiger charge is -2.40. The summed E-state index contributed by atoms with van der Waals surface area (Å²) in [6.45, 7) is 3.32. The van der Waals surface area contributed by atoms with Crippen LogP contribution in [0.5, 0.6) is 0 Å². The second kappa shape index (κ2) is 6.85. The average molecular weight is 322 g/mol. The molecule has 7 nitrogen and oxygen atoms in total. The van der Waals surface area contributed by atoms with E-state index in [0.717, 1.165) is 12.8 Å². The molecule has 7 heteroatoms. The summed E-state index contributed by atoms with van der Waals surface area (Å²) in [6, 6.07) is 0.730. The molecule has 1 aliphatic rings. The van der Waals surface area contributed by atoms with Crippen LogP contribution in [0.1, 0.15) is 49.9 Å². The van der Waals surface area contributed by atoms with Gasteiger partial charge < -0.3 is 20.2 Å². The van der Waals surface area contributed by atoms with Crippen molar-refractivity contribution in [3.63, 3.8) is 0 Å². The molecule has 3 N–H and O–H groups in total. The number of nitrogens with one attached hydrogen (secondary N) is 2. The highest BCUT2D eigenvalue weighted by molar-refractivity contribution is 5.97. The van der Waals surface area contributed by atoms with Gasteiger partial charge >= 0.3 is 5.97 Å². The standard InChI is InChI=1S/C16H22N2O5/c1-10(17-14(20)11-6-8-23-9-11)13(19)18-16(2)7-4-3-5-12(16)15(21)22/h6,8-10,12H,3-5,7H2,1-2H3,(H,17,20)(H,18,19)(H,21,22). The molecule has 1 aromatic heterocycles. The number of hydrogen-bond acceptors (Lipinski definition) is 4. The molecule has 1 aromatic rings. The van der Waals surface area contributed by atoms with E-state index in [0.29, 0.717) is 18.4 Å². The molecule has 1 heterocycles. The van der Waals surface area contributed by atoms with E-state index >= 15 is 0 Å². The van der Waals surface area contributed by atoms with E-state index in [1.165, 1.54) is 18.6 Å². The molecule has 2 amide bonds. The Kier molecular flexibility index (Phi) is 5.08. The van der Waals surface area contributed by atoms with Crippen molar-refractivity contribution in [2.45, 2.75) is 51.1 Å². The van der Waals surface area contributed by atoms with E-state index < -0.39 is 35.3 Å². The van der Waals surface area contributed by atoms with Crippen LogP contribution in [0.3, 0.4) is 0 Å². The Morgan fingerprint density at radius 1 is 1.39 bits per heavy atom. The molecule has 1 fully saturated rings. The van der Waals surface area contributed by atoms with Crippen molar-refractivity contribution in [1.29, 1.82) is 0 Å². The van der Waals surface area contributed by atoms with Crippen molar-refractivity contribution in [1.82, 2.24) is 10.6 Å². The number of hydrogen-bond donors (Lipinski definition) is 3. The maximum absolute atomic E-state index is 12.3. The monoisotopic (exact) mass is 322 g/mol. The number of rotatable bonds is 5. The minimum absolute atomic E-state index is 0.331. The van der Waals surface area contributed by atoms with E-state index in [2.05, 4.69) is 10.6 Å². The van der Waals surface area contributed by atoms with Gasteiger partial charge in [-0.15, -0.1) is 0 Å². The molecule has 2 rings (SSSR count). The van der Waals surface area contributed by atoms with Crippen molar-refractivity contribution in [2.24, 2.45) is 5.92 Å². The van der Waals surface area contributed by atoms with Gasteiger partial charge in [-0.05, 0) is 32.8 Å². The van der Waals surface area contributed by atoms with Crippen LogP contribution >= 0.6 is 0 Å². The minimum Gasteiger partial charge on any atom is -0.481 e. The Hall–Kier alpha value is -2.31. The summed E-state index contributed by atoms with van der Waals surface area (Å²) < 4.78 is 4.83. The zero-order valence-corrected chi connectivity index (χ0v) is 13.3. The van der Waals surface area contributed by atoms with E-state index in [1.807, 2.05) is 0 Å². The van der Waals surface area contributed by atoms with Gasteiger partial charge in [0.25, 0.3) is 5.91 Å². The molecule has 3 atom stereocenters. The molecule has 0 aromatic carbocycles. The van der Waals surface area contributed by atoms with Gasteiger partial charge in [0.15, 0.2) is 0 Å². The van der Waals surface area contributed by atoms with Crippen LogP contribution in [0.2, 0.25) is 0 Å². The van der Waals surface area contributed by atoms with Crippen molar-refractivity contribution in [3.8, 4) is 0 Å². The van der Waals surface area contributed by atoms with Crippen LogP contribution in [0.25, 0.3) is 0 Å². The fourth-order valence-electron chi connectivity index (χ4n) is 3.01. The number of amides is 2. The molecule has 1 aliphatic carbocycles. The lowest BCUT2D eigenvalue weighted by atomic mass is 9.73. The molecule has 0 aliphatic heterocycles. The van der Waals surface area contributed by atoms with Gasteiger partial charge in [0.2, 0.25) is 5.91 Å². The normalized spacial score (nSPS) is 25.4. The Morgan fingerprint density at radius 2 is 2.13 bits per heavy atom. The Labute approximate surface area is 134 Å². The van der Waals surface area contributed by atoms with Crippen LogP contribution < -0.4 is 10.6 Å². The third-order valence-corrected chi connectivity index (χ3v) is 4.44. The van der Waals surface area contributed by atoms with Crippen molar-refractivity contribution >= 4 is 17.8 Å². The first kappa shape index (κ1) is 17.1. The number of aliphatic carboxylic acids is 1. The molecule has 0 radical (unpaired) electrons. The predicted molar refractivity (Wildman–Crippen MR) is 81.8 cm³/mol. The predicted octanol–water partition coefficient (Wildman–Crippen LogP) is 1.55. The number of carboxylic acids is 1. The third kappa shape index (κ3) is 3.91. The fourth-order valence-corrected chi connectivity index (χ4v) is 3.01. The Bertz CT molecular complexity index is 583. The molecular formula is C16H22N2O5. The first-order valence-corrected chi connectivity index (χ1v) is 7.71. The largest absolute Gasteiger partial charge is 0.481 e. The number of carbonyl (C=O) groups is 3. The molecule has 0 bridgehead atoms. The second-order valence-electron chi connectivity index (χ2n) is 6.25. The van der Waals surface area contributed by atoms with Crippen molar-refractivity contribution in [2.75, 3.05) is 0 Å². The molecule has 0 spiro atoms. The third-order valence-electron chi connectivity index (χ3n) is 4.44. The first-order valence-electron chi connectivity index (χ1n) is 7.71. The maximum atomic E-state index is 12.3. The van der Waals surface area contributed by atoms with Gasteiger partial charge in [0.1, 0.15) is 12.3 Å². The SMILES string of the molecule is CC(NC(=O)c1ccoc1)C(=O)NC1(C)CCCCC1C(=O)O. The summed E-state index contributed by atoms with van der Waals surface area (Å²) in [5.74, 6) is -2.32. The summed E-state index contributed by atoms with van der Waals surface area (Å²) >= 11 is 0. The van der Waals surface area contributed by atoms with Crippen LogP contribution in [-0.4, -0.2) is 34.5 Å². The van der Waals surface area contributed by atoms with Gasteiger partial charge in [-0.1, -0.05) is 12.8 Å². The molecule has 0 saturated heterocycles. The highest BCUT2D eigenvalue weighted by Gasteiger charge is 2.42. The van der Waals surface area contributed by atoms with E-state index in [4.69, 9.17) is 4.42 Å². The van der Waals surface area contributed by atoms with Crippen LogP contribution in [0, 0.1) is 5.92 Å². The first-order chi connectivity index (χ1) is 10.8. The van der Waals surface area contributed by atoms with Gasteiger partial charge in [-0.3, -0.25) is 14.4 Å². The zero-order chi connectivity index (χ0) is 17.0. The van der Waals surface area contributed by atoms with Crippen LogP contribution in [0.4, 0.5) is 0 Å². The van der Waals surface area contributed by atoms with Gasteiger partial charge in [0, 0.05) is 0 Å². The fraction of sp³-hybridized carbons (Fsp3) is 0.562. The van der Waals surface area contributed by atoms with Crippen LogP contribution in [0.15, 0.2) is 23.0 Å². The quantitative estimate of drug-likeness (QED) is 0.762. The lowest BCUT2D eigenvalue weighted by Crippen LogP contribution is -2.59. The second-order valence-corrected chi connectivity index (χ2v) is 6.25.